The monoisotopic (exact) mass is 154 g/mol. The fourth-order valence-electron chi connectivity index (χ4n) is 1.12. The largest absolute Gasteiger partial charge is 0.258 e. The lowest BCUT2D eigenvalue weighted by Crippen LogP contribution is -1.74. The summed E-state index contributed by atoms with van der Waals surface area (Å²) in [5, 5.41) is 1.07. The molecule has 1 aromatic heterocycles. The first-order valence-electron chi connectivity index (χ1n) is 3.62. The van der Waals surface area contributed by atoms with Crippen LogP contribution in [0.4, 0.5) is 5.69 Å². The predicted octanol–water partition coefficient (Wildman–Crippen LogP) is 2.79. The van der Waals surface area contributed by atoms with E-state index in [9.17, 15) is 0 Å². The van der Waals surface area contributed by atoms with Crippen molar-refractivity contribution in [2.45, 2.75) is 0 Å². The van der Waals surface area contributed by atoms with Crippen LogP contribution in [0.25, 0.3) is 15.7 Å². The molecule has 0 unspecified atom stereocenters. The van der Waals surface area contributed by atoms with Crippen molar-refractivity contribution < 1.29 is 0 Å². The summed E-state index contributed by atoms with van der Waals surface area (Å²) in [6.07, 6.45) is 1.73. The highest BCUT2D eigenvalue weighted by atomic mass is 14.7. The van der Waals surface area contributed by atoms with Gasteiger partial charge >= 0.3 is 0 Å². The van der Waals surface area contributed by atoms with Crippen LogP contribution in [-0.4, -0.2) is 4.98 Å². The van der Waals surface area contributed by atoms with Gasteiger partial charge in [-0.15, -0.1) is 0 Å². The molecule has 0 saturated heterocycles. The Morgan fingerprint density at radius 2 is 2.17 bits per heavy atom. The van der Waals surface area contributed by atoms with E-state index in [2.05, 4.69) is 9.83 Å². The average Bonchev–Trinajstić information content (AvgIpc) is 2.17. The standard InChI is InChI=1S/C10H6N2/c1-11-9-5-4-8-3-2-6-12-10(8)7-9/h2-7H. The summed E-state index contributed by atoms with van der Waals surface area (Å²) in [5.74, 6) is 0. The number of pyridine rings is 1. The maximum absolute atomic E-state index is 6.82. The van der Waals surface area contributed by atoms with Crippen LogP contribution in [0.3, 0.4) is 0 Å². The van der Waals surface area contributed by atoms with E-state index in [1.165, 1.54) is 0 Å². The molecular formula is C10H6N2. The minimum Gasteiger partial charge on any atom is -0.258 e. The molecule has 2 aromatic rings. The summed E-state index contributed by atoms with van der Waals surface area (Å²) in [6.45, 7) is 6.82. The van der Waals surface area contributed by atoms with Gasteiger partial charge in [0.25, 0.3) is 0 Å². The summed E-state index contributed by atoms with van der Waals surface area (Å²) < 4.78 is 0. The number of aromatic nitrogens is 1. The Labute approximate surface area is 70.3 Å². The molecule has 0 N–H and O–H groups in total. The van der Waals surface area contributed by atoms with Crippen molar-refractivity contribution in [1.29, 1.82) is 0 Å². The van der Waals surface area contributed by atoms with Crippen molar-refractivity contribution in [3.05, 3.63) is 47.9 Å². The maximum atomic E-state index is 6.82. The zero-order valence-electron chi connectivity index (χ0n) is 6.36. The van der Waals surface area contributed by atoms with E-state index < -0.39 is 0 Å². The third-order valence-corrected chi connectivity index (χ3v) is 1.72. The first kappa shape index (κ1) is 6.81. The number of fused-ring (bicyclic) bond motifs is 1. The fraction of sp³-hybridized carbons (Fsp3) is 0. The molecule has 2 nitrogen and oxygen atoms in total. The van der Waals surface area contributed by atoms with Gasteiger partial charge in [-0.05, 0) is 17.5 Å². The summed E-state index contributed by atoms with van der Waals surface area (Å²) in [7, 11) is 0. The van der Waals surface area contributed by atoms with Crippen molar-refractivity contribution in [3.63, 3.8) is 0 Å². The van der Waals surface area contributed by atoms with Crippen LogP contribution < -0.4 is 0 Å². The van der Waals surface area contributed by atoms with Gasteiger partial charge in [0.05, 0.1) is 12.1 Å². The molecule has 56 valence electrons. The smallest absolute Gasteiger partial charge is 0.189 e. The molecule has 0 bridgehead atoms. The molecule has 0 fully saturated rings. The molecule has 0 aliphatic heterocycles. The third-order valence-electron chi connectivity index (χ3n) is 1.72. The Bertz CT molecular complexity index is 455. The molecule has 0 saturated carbocycles. The quantitative estimate of drug-likeness (QED) is 0.533. The van der Waals surface area contributed by atoms with Gasteiger partial charge in [0.1, 0.15) is 0 Å². The zero-order valence-corrected chi connectivity index (χ0v) is 6.36. The second kappa shape index (κ2) is 2.63. The Hall–Kier alpha value is -1.88. The average molecular weight is 154 g/mol. The number of nitrogens with zero attached hydrogens (tertiary/aromatic N) is 2. The first-order valence-corrected chi connectivity index (χ1v) is 3.62. The van der Waals surface area contributed by atoms with E-state index in [0.717, 1.165) is 10.9 Å². The van der Waals surface area contributed by atoms with Gasteiger partial charge in [-0.25, -0.2) is 4.85 Å². The van der Waals surface area contributed by atoms with Crippen LogP contribution in [0.5, 0.6) is 0 Å². The Balaban J connectivity index is 2.78. The topological polar surface area (TPSA) is 17.2 Å². The number of benzene rings is 1. The summed E-state index contributed by atoms with van der Waals surface area (Å²) in [4.78, 5) is 7.48. The lowest BCUT2D eigenvalue weighted by atomic mass is 10.2. The van der Waals surface area contributed by atoms with Crippen LogP contribution in [0, 0.1) is 6.57 Å². The SMILES string of the molecule is [C-]#[N+]c1ccc2cccnc2c1. The van der Waals surface area contributed by atoms with Crippen molar-refractivity contribution in [1.82, 2.24) is 4.98 Å². The van der Waals surface area contributed by atoms with Gasteiger partial charge in [-0.2, -0.15) is 0 Å². The minimum atomic E-state index is 0.640. The fourth-order valence-corrected chi connectivity index (χ4v) is 1.12. The summed E-state index contributed by atoms with van der Waals surface area (Å²) >= 11 is 0. The lowest BCUT2D eigenvalue weighted by Gasteiger charge is -1.94. The molecule has 0 spiro atoms. The maximum Gasteiger partial charge on any atom is 0.189 e. The molecule has 2 heteroatoms. The van der Waals surface area contributed by atoms with Crippen LogP contribution in [0.1, 0.15) is 0 Å². The van der Waals surface area contributed by atoms with Crippen molar-refractivity contribution in [2.75, 3.05) is 0 Å². The Morgan fingerprint density at radius 1 is 1.25 bits per heavy atom. The first-order chi connectivity index (χ1) is 5.90. The zero-order chi connectivity index (χ0) is 8.39. The van der Waals surface area contributed by atoms with Gasteiger partial charge in [-0.3, -0.25) is 4.98 Å². The normalized spacial score (nSPS) is 9.58. The van der Waals surface area contributed by atoms with E-state index in [1.807, 2.05) is 18.2 Å². The molecule has 0 amide bonds. The highest BCUT2D eigenvalue weighted by Gasteiger charge is 1.94. The number of rotatable bonds is 0. The molecule has 12 heavy (non-hydrogen) atoms. The van der Waals surface area contributed by atoms with Crippen LogP contribution in [0.15, 0.2) is 36.5 Å². The van der Waals surface area contributed by atoms with E-state index in [1.54, 1.807) is 18.3 Å². The van der Waals surface area contributed by atoms with Gasteiger partial charge in [0.15, 0.2) is 5.69 Å². The Morgan fingerprint density at radius 3 is 3.00 bits per heavy atom. The van der Waals surface area contributed by atoms with E-state index in [0.29, 0.717) is 5.69 Å². The second-order valence-electron chi connectivity index (χ2n) is 2.49. The Kier molecular flexibility index (Phi) is 1.49. The second-order valence-corrected chi connectivity index (χ2v) is 2.49. The molecule has 0 aliphatic rings. The van der Waals surface area contributed by atoms with Gasteiger partial charge in [0, 0.05) is 6.20 Å². The molecule has 0 aliphatic carbocycles. The molecule has 0 radical (unpaired) electrons. The molecule has 0 atom stereocenters. The number of hydrogen-bond acceptors (Lipinski definition) is 1. The van der Waals surface area contributed by atoms with E-state index >= 15 is 0 Å². The van der Waals surface area contributed by atoms with Crippen molar-refractivity contribution in [3.8, 4) is 0 Å². The third kappa shape index (κ3) is 1.02. The molecule has 2 rings (SSSR count). The van der Waals surface area contributed by atoms with Crippen LogP contribution in [-0.2, 0) is 0 Å². The van der Waals surface area contributed by atoms with Crippen molar-refractivity contribution in [2.24, 2.45) is 0 Å². The van der Waals surface area contributed by atoms with E-state index in [4.69, 9.17) is 6.57 Å². The highest BCUT2D eigenvalue weighted by Crippen LogP contribution is 2.18. The molecular weight excluding hydrogens is 148 g/mol. The van der Waals surface area contributed by atoms with E-state index in [-0.39, 0.29) is 0 Å². The minimum absolute atomic E-state index is 0.640. The number of hydrogen-bond donors (Lipinski definition) is 0. The van der Waals surface area contributed by atoms with Gasteiger partial charge < -0.3 is 0 Å². The van der Waals surface area contributed by atoms with Crippen LogP contribution >= 0.6 is 0 Å². The van der Waals surface area contributed by atoms with Crippen molar-refractivity contribution >= 4 is 16.6 Å². The molecule has 1 aromatic carbocycles. The van der Waals surface area contributed by atoms with Gasteiger partial charge in [-0.1, -0.05) is 18.2 Å². The van der Waals surface area contributed by atoms with Crippen LogP contribution in [0.2, 0.25) is 0 Å². The predicted molar refractivity (Wildman–Crippen MR) is 48.0 cm³/mol. The lowest BCUT2D eigenvalue weighted by molar-refractivity contribution is 1.42. The molecule has 1 heterocycles. The van der Waals surface area contributed by atoms with Gasteiger partial charge in [0.2, 0.25) is 0 Å². The summed E-state index contributed by atoms with van der Waals surface area (Å²) in [6, 6.07) is 9.38. The highest BCUT2D eigenvalue weighted by molar-refractivity contribution is 5.81. The summed E-state index contributed by atoms with van der Waals surface area (Å²) in [5.41, 5.74) is 1.52.